The summed E-state index contributed by atoms with van der Waals surface area (Å²) in [5.41, 5.74) is 0. The van der Waals surface area contributed by atoms with E-state index in [9.17, 15) is 9.59 Å². The Morgan fingerprint density at radius 3 is 2.38 bits per heavy atom. The van der Waals surface area contributed by atoms with Gasteiger partial charge in [-0.3, -0.25) is 9.59 Å². The van der Waals surface area contributed by atoms with E-state index in [0.29, 0.717) is 6.61 Å². The molecule has 2 bridgehead atoms. The Balaban J connectivity index is 2.04. The number of esters is 2. The van der Waals surface area contributed by atoms with Gasteiger partial charge in [-0.25, -0.2) is 0 Å². The molecular weight excluding hydrogens is 216 g/mol. The van der Waals surface area contributed by atoms with Crippen LogP contribution in [-0.2, 0) is 28.5 Å². The molecule has 0 radical (unpaired) electrons. The van der Waals surface area contributed by atoms with Gasteiger partial charge in [0.2, 0.25) is 0 Å². The van der Waals surface area contributed by atoms with Crippen molar-refractivity contribution in [1.82, 2.24) is 0 Å². The van der Waals surface area contributed by atoms with E-state index in [2.05, 4.69) is 0 Å². The summed E-state index contributed by atoms with van der Waals surface area (Å²) in [6.07, 6.45) is -1.64. The highest BCUT2D eigenvalue weighted by atomic mass is 16.7. The van der Waals surface area contributed by atoms with Crippen molar-refractivity contribution in [3.63, 3.8) is 0 Å². The van der Waals surface area contributed by atoms with E-state index in [1.165, 1.54) is 13.8 Å². The van der Waals surface area contributed by atoms with Crippen LogP contribution in [0.1, 0.15) is 13.8 Å². The molecule has 0 aromatic heterocycles. The minimum Gasteiger partial charge on any atom is -0.457 e. The number of carbonyl (C=O) groups is 2. The summed E-state index contributed by atoms with van der Waals surface area (Å²) >= 11 is 0. The van der Waals surface area contributed by atoms with Crippen LogP contribution < -0.4 is 0 Å². The Labute approximate surface area is 92.8 Å². The molecule has 0 N–H and O–H groups in total. The van der Waals surface area contributed by atoms with E-state index < -0.39 is 30.3 Å². The van der Waals surface area contributed by atoms with Crippen LogP contribution in [0.2, 0.25) is 0 Å². The SMILES string of the molecule is CC(=O)O[C@H]1[C@H]2OC[C@@H]1OC[C@H]2OC(C)=O. The molecule has 2 aliphatic rings. The number of hydrogen-bond donors (Lipinski definition) is 0. The Kier molecular flexibility index (Phi) is 3.11. The summed E-state index contributed by atoms with van der Waals surface area (Å²) in [6, 6.07) is 0. The third kappa shape index (κ3) is 2.17. The highest BCUT2D eigenvalue weighted by Gasteiger charge is 2.50. The molecule has 0 aromatic rings. The zero-order chi connectivity index (χ0) is 11.7. The van der Waals surface area contributed by atoms with Crippen molar-refractivity contribution in [3.8, 4) is 0 Å². The second-order valence-corrected chi connectivity index (χ2v) is 3.89. The summed E-state index contributed by atoms with van der Waals surface area (Å²) in [5, 5.41) is 0. The first-order valence-electron chi connectivity index (χ1n) is 5.15. The summed E-state index contributed by atoms with van der Waals surface area (Å²) in [7, 11) is 0. The van der Waals surface area contributed by atoms with Crippen LogP contribution in [0, 0.1) is 0 Å². The van der Waals surface area contributed by atoms with Crippen LogP contribution in [0.5, 0.6) is 0 Å². The van der Waals surface area contributed by atoms with Gasteiger partial charge in [-0.05, 0) is 0 Å². The van der Waals surface area contributed by atoms with Crippen LogP contribution in [-0.4, -0.2) is 49.6 Å². The van der Waals surface area contributed by atoms with Crippen LogP contribution in [0.15, 0.2) is 0 Å². The van der Waals surface area contributed by atoms with Gasteiger partial charge in [0.05, 0.1) is 13.2 Å². The highest BCUT2D eigenvalue weighted by Crippen LogP contribution is 2.29. The second-order valence-electron chi connectivity index (χ2n) is 3.89. The fourth-order valence-electron chi connectivity index (χ4n) is 2.03. The van der Waals surface area contributed by atoms with Crippen LogP contribution in [0.3, 0.4) is 0 Å². The maximum absolute atomic E-state index is 10.9. The van der Waals surface area contributed by atoms with Crippen molar-refractivity contribution < 1.29 is 28.5 Å². The number of ether oxygens (including phenoxy) is 4. The molecule has 0 unspecified atom stereocenters. The maximum Gasteiger partial charge on any atom is 0.303 e. The Morgan fingerprint density at radius 1 is 1.06 bits per heavy atom. The molecule has 90 valence electrons. The van der Waals surface area contributed by atoms with Gasteiger partial charge in [-0.15, -0.1) is 0 Å². The van der Waals surface area contributed by atoms with Crippen LogP contribution in [0.25, 0.3) is 0 Å². The van der Waals surface area contributed by atoms with Crippen molar-refractivity contribution in [2.45, 2.75) is 38.3 Å². The van der Waals surface area contributed by atoms with Crippen molar-refractivity contribution in [3.05, 3.63) is 0 Å². The largest absolute Gasteiger partial charge is 0.457 e. The van der Waals surface area contributed by atoms with Crippen molar-refractivity contribution >= 4 is 11.9 Å². The molecular formula is C10H14O6. The molecule has 0 aromatic carbocycles. The number of fused-ring (bicyclic) bond motifs is 2. The van der Waals surface area contributed by atoms with E-state index in [1.54, 1.807) is 0 Å². The molecule has 0 saturated carbocycles. The Hall–Kier alpha value is -1.14. The molecule has 6 heteroatoms. The number of rotatable bonds is 2. The summed E-state index contributed by atoms with van der Waals surface area (Å²) in [6.45, 7) is 3.30. The Bertz CT molecular complexity index is 302. The summed E-state index contributed by atoms with van der Waals surface area (Å²) in [4.78, 5) is 21.8. The second kappa shape index (κ2) is 4.39. The lowest BCUT2D eigenvalue weighted by Gasteiger charge is -2.32. The minimum atomic E-state index is -0.499. The minimum absolute atomic E-state index is 0.249. The normalized spacial score (nSPS) is 36.9. The van der Waals surface area contributed by atoms with Crippen LogP contribution in [0.4, 0.5) is 0 Å². The standard InChI is InChI=1S/C10H14O6/c1-5(11)15-8-4-13-7-3-14-9(8)10(7)16-6(2)12/h7-10H,3-4H2,1-2H3/t7-,8+,9-,10+/m0/s1. The molecule has 2 aliphatic heterocycles. The molecule has 0 amide bonds. The third-order valence-corrected chi connectivity index (χ3v) is 2.60. The third-order valence-electron chi connectivity index (χ3n) is 2.60. The average Bonchev–Trinajstić information content (AvgIpc) is 2.41. The van der Waals surface area contributed by atoms with Crippen molar-refractivity contribution in [2.24, 2.45) is 0 Å². The number of carbonyl (C=O) groups excluding carboxylic acids is 2. The highest BCUT2D eigenvalue weighted by molar-refractivity contribution is 5.67. The zero-order valence-electron chi connectivity index (χ0n) is 9.17. The zero-order valence-corrected chi connectivity index (χ0v) is 9.17. The van der Waals surface area contributed by atoms with Gasteiger partial charge in [0.15, 0.2) is 12.2 Å². The average molecular weight is 230 g/mol. The van der Waals surface area contributed by atoms with E-state index in [4.69, 9.17) is 18.9 Å². The van der Waals surface area contributed by atoms with Gasteiger partial charge < -0.3 is 18.9 Å². The predicted octanol–water partition coefficient (Wildman–Crippen LogP) is -0.353. The fourth-order valence-corrected chi connectivity index (χ4v) is 2.03. The monoisotopic (exact) mass is 230 g/mol. The van der Waals surface area contributed by atoms with E-state index in [-0.39, 0.29) is 12.7 Å². The molecule has 2 saturated heterocycles. The first kappa shape index (κ1) is 11.3. The lowest BCUT2D eigenvalue weighted by atomic mass is 10.0. The van der Waals surface area contributed by atoms with Gasteiger partial charge in [0.25, 0.3) is 0 Å². The molecule has 2 fully saturated rings. The molecule has 4 atom stereocenters. The molecule has 2 heterocycles. The maximum atomic E-state index is 10.9. The van der Waals surface area contributed by atoms with Crippen LogP contribution >= 0.6 is 0 Å². The van der Waals surface area contributed by atoms with Gasteiger partial charge in [0, 0.05) is 13.8 Å². The quantitative estimate of drug-likeness (QED) is 0.604. The van der Waals surface area contributed by atoms with Gasteiger partial charge in [-0.2, -0.15) is 0 Å². The molecule has 16 heavy (non-hydrogen) atoms. The van der Waals surface area contributed by atoms with Gasteiger partial charge in [-0.1, -0.05) is 0 Å². The first-order chi connectivity index (χ1) is 7.58. The number of hydrogen-bond acceptors (Lipinski definition) is 6. The summed E-state index contributed by atoms with van der Waals surface area (Å²) in [5.74, 6) is -0.790. The lowest BCUT2D eigenvalue weighted by molar-refractivity contribution is -0.185. The molecule has 0 aliphatic carbocycles. The smallest absolute Gasteiger partial charge is 0.303 e. The fraction of sp³-hybridized carbons (Fsp3) is 0.800. The van der Waals surface area contributed by atoms with Crippen molar-refractivity contribution in [1.29, 1.82) is 0 Å². The van der Waals surface area contributed by atoms with Gasteiger partial charge in [0.1, 0.15) is 12.2 Å². The molecule has 2 rings (SSSR count). The molecule has 6 nitrogen and oxygen atoms in total. The Morgan fingerprint density at radius 2 is 1.75 bits per heavy atom. The van der Waals surface area contributed by atoms with E-state index >= 15 is 0 Å². The summed E-state index contributed by atoms with van der Waals surface area (Å²) < 4.78 is 21.0. The van der Waals surface area contributed by atoms with E-state index in [0.717, 1.165) is 0 Å². The van der Waals surface area contributed by atoms with Crippen molar-refractivity contribution in [2.75, 3.05) is 13.2 Å². The predicted molar refractivity (Wildman–Crippen MR) is 50.6 cm³/mol. The molecule has 0 spiro atoms. The topological polar surface area (TPSA) is 71.1 Å². The van der Waals surface area contributed by atoms with E-state index in [1.807, 2.05) is 0 Å². The lowest BCUT2D eigenvalue weighted by Crippen LogP contribution is -2.51. The van der Waals surface area contributed by atoms with Gasteiger partial charge >= 0.3 is 11.9 Å². The first-order valence-corrected chi connectivity index (χ1v) is 5.15.